The van der Waals surface area contributed by atoms with E-state index in [1.165, 1.54) is 6.07 Å². The predicted octanol–water partition coefficient (Wildman–Crippen LogP) is 3.89. The first-order valence-electron chi connectivity index (χ1n) is 11.1. The average molecular weight is 453 g/mol. The topological polar surface area (TPSA) is 66.3 Å². The minimum atomic E-state index is -0.238. The van der Waals surface area contributed by atoms with Crippen LogP contribution in [0.15, 0.2) is 71.7 Å². The molecule has 0 atom stereocenters. The summed E-state index contributed by atoms with van der Waals surface area (Å²) >= 11 is 0. The van der Waals surface area contributed by atoms with Crippen molar-refractivity contribution in [1.29, 1.82) is 0 Å². The molecule has 0 saturated carbocycles. The van der Waals surface area contributed by atoms with Crippen molar-refractivity contribution >= 4 is 28.4 Å². The van der Waals surface area contributed by atoms with Gasteiger partial charge in [0.1, 0.15) is 0 Å². The van der Waals surface area contributed by atoms with Crippen LogP contribution in [0.1, 0.15) is 12.0 Å². The smallest absolute Gasteiger partial charge is 0.258 e. The second-order valence-corrected chi connectivity index (χ2v) is 8.39. The molecule has 0 aliphatic rings. The Hall–Kier alpha value is -4.15. The molecule has 7 heteroatoms. The molecule has 0 saturated heterocycles. The molecule has 0 aliphatic carbocycles. The summed E-state index contributed by atoms with van der Waals surface area (Å²) in [6, 6.07) is 18.9. The van der Waals surface area contributed by atoms with Crippen LogP contribution in [0.3, 0.4) is 0 Å². The Morgan fingerprint density at radius 3 is 2.44 bits per heavy atom. The Morgan fingerprint density at radius 2 is 1.76 bits per heavy atom. The van der Waals surface area contributed by atoms with Gasteiger partial charge in [-0.2, -0.15) is 4.98 Å². The van der Waals surface area contributed by atoms with E-state index < -0.39 is 0 Å². The fourth-order valence-corrected chi connectivity index (χ4v) is 3.79. The lowest BCUT2D eigenvalue weighted by Crippen LogP contribution is -2.23. The standard InChI is InChI=1S/C27H28N6O/c1-5-20-18-25(34)33(23-10-7-6-8-11-23)26-24(20)19-28-27(30-26)29-21-12-14-22(15-13-21)32(4)17-9-16-31(2)3/h1,6-8,10-15,18-19H,9,16-17H2,2-4H3,(H,28,29,30). The van der Waals surface area contributed by atoms with Crippen molar-refractivity contribution in [3.8, 4) is 18.0 Å². The van der Waals surface area contributed by atoms with Crippen LogP contribution in [-0.2, 0) is 0 Å². The van der Waals surface area contributed by atoms with E-state index in [9.17, 15) is 4.79 Å². The van der Waals surface area contributed by atoms with E-state index >= 15 is 0 Å². The summed E-state index contributed by atoms with van der Waals surface area (Å²) < 4.78 is 1.55. The van der Waals surface area contributed by atoms with Crippen molar-refractivity contribution in [2.45, 2.75) is 6.42 Å². The van der Waals surface area contributed by atoms with Gasteiger partial charge in [-0.25, -0.2) is 4.98 Å². The molecule has 4 aromatic rings. The fraction of sp³-hybridized carbons (Fsp3) is 0.222. The first kappa shape index (κ1) is 23.0. The molecule has 0 radical (unpaired) electrons. The highest BCUT2D eigenvalue weighted by Gasteiger charge is 2.13. The molecule has 4 rings (SSSR count). The van der Waals surface area contributed by atoms with Gasteiger partial charge in [0.2, 0.25) is 5.95 Å². The average Bonchev–Trinajstić information content (AvgIpc) is 2.84. The molecule has 0 unspecified atom stereocenters. The van der Waals surface area contributed by atoms with Gasteiger partial charge in [-0.05, 0) is 63.5 Å². The number of fused-ring (bicyclic) bond motifs is 1. The van der Waals surface area contributed by atoms with Gasteiger partial charge < -0.3 is 15.1 Å². The summed E-state index contributed by atoms with van der Waals surface area (Å²) in [6.45, 7) is 2.03. The highest BCUT2D eigenvalue weighted by atomic mass is 16.1. The minimum absolute atomic E-state index is 0.238. The van der Waals surface area contributed by atoms with Crippen LogP contribution in [-0.4, -0.2) is 53.7 Å². The number of nitrogens with one attached hydrogen (secondary N) is 1. The zero-order valence-electron chi connectivity index (χ0n) is 19.7. The van der Waals surface area contributed by atoms with Gasteiger partial charge in [-0.1, -0.05) is 24.1 Å². The SMILES string of the molecule is C#Cc1cc(=O)n(-c2ccccc2)c2nc(Nc3ccc(N(C)CCCN(C)C)cc3)ncc12. The number of aromatic nitrogens is 3. The van der Waals surface area contributed by atoms with Gasteiger partial charge in [0.25, 0.3) is 5.56 Å². The van der Waals surface area contributed by atoms with Gasteiger partial charge in [0.15, 0.2) is 5.65 Å². The number of terminal acetylenes is 1. The zero-order valence-corrected chi connectivity index (χ0v) is 19.7. The molecule has 1 N–H and O–H groups in total. The largest absolute Gasteiger partial charge is 0.375 e. The number of pyridine rings is 1. The molecule has 0 amide bonds. The van der Waals surface area contributed by atoms with Crippen LogP contribution in [0.4, 0.5) is 17.3 Å². The molecule has 2 aromatic heterocycles. The van der Waals surface area contributed by atoms with Gasteiger partial charge in [0.05, 0.1) is 11.1 Å². The Labute approximate surface area is 199 Å². The molecule has 0 spiro atoms. The maximum atomic E-state index is 12.9. The van der Waals surface area contributed by atoms with Crippen molar-refractivity contribution in [2.24, 2.45) is 0 Å². The number of hydrogen-bond acceptors (Lipinski definition) is 6. The third kappa shape index (κ3) is 5.08. The number of nitrogens with zero attached hydrogens (tertiary/aromatic N) is 5. The maximum Gasteiger partial charge on any atom is 0.258 e. The van der Waals surface area contributed by atoms with Gasteiger partial charge in [-0.3, -0.25) is 9.36 Å². The van der Waals surface area contributed by atoms with E-state index in [4.69, 9.17) is 6.42 Å². The lowest BCUT2D eigenvalue weighted by Gasteiger charge is -2.20. The summed E-state index contributed by atoms with van der Waals surface area (Å²) in [7, 11) is 6.26. The summed E-state index contributed by atoms with van der Waals surface area (Å²) in [5, 5.41) is 3.89. The van der Waals surface area contributed by atoms with E-state index in [0.717, 1.165) is 30.9 Å². The highest BCUT2D eigenvalue weighted by molar-refractivity contribution is 5.83. The molecule has 172 valence electrons. The Kier molecular flexibility index (Phi) is 6.90. The highest BCUT2D eigenvalue weighted by Crippen LogP contribution is 2.22. The zero-order chi connectivity index (χ0) is 24.1. The van der Waals surface area contributed by atoms with Gasteiger partial charge in [-0.15, -0.1) is 6.42 Å². The first-order chi connectivity index (χ1) is 16.5. The van der Waals surface area contributed by atoms with E-state index in [2.05, 4.69) is 64.3 Å². The van der Waals surface area contributed by atoms with Gasteiger partial charge in [0, 0.05) is 42.8 Å². The quantitative estimate of drug-likeness (QED) is 0.409. The van der Waals surface area contributed by atoms with Crippen LogP contribution >= 0.6 is 0 Å². The third-order valence-electron chi connectivity index (χ3n) is 5.59. The molecule has 0 bridgehead atoms. The van der Waals surface area contributed by atoms with Crippen molar-refractivity contribution in [1.82, 2.24) is 19.4 Å². The van der Waals surface area contributed by atoms with E-state index in [0.29, 0.717) is 28.2 Å². The Morgan fingerprint density at radius 1 is 1.03 bits per heavy atom. The molecular formula is C27H28N6O. The molecule has 7 nitrogen and oxygen atoms in total. The molecular weight excluding hydrogens is 424 g/mol. The summed E-state index contributed by atoms with van der Waals surface area (Å²) in [5.74, 6) is 2.96. The molecule has 2 heterocycles. The summed E-state index contributed by atoms with van der Waals surface area (Å²) in [5.41, 5.74) is 3.40. The van der Waals surface area contributed by atoms with E-state index in [1.807, 2.05) is 42.5 Å². The number of anilines is 3. The van der Waals surface area contributed by atoms with Crippen LogP contribution in [0, 0.1) is 12.3 Å². The maximum absolute atomic E-state index is 12.9. The summed E-state index contributed by atoms with van der Waals surface area (Å²) in [4.78, 5) is 26.4. The molecule has 0 aliphatic heterocycles. The molecule has 2 aromatic carbocycles. The monoisotopic (exact) mass is 452 g/mol. The van der Waals surface area contributed by atoms with Gasteiger partial charge >= 0.3 is 0 Å². The first-order valence-corrected chi connectivity index (χ1v) is 11.1. The molecule has 0 fully saturated rings. The third-order valence-corrected chi connectivity index (χ3v) is 5.59. The second-order valence-electron chi connectivity index (χ2n) is 8.39. The van der Waals surface area contributed by atoms with Crippen LogP contribution in [0.5, 0.6) is 0 Å². The van der Waals surface area contributed by atoms with Crippen LogP contribution in [0.2, 0.25) is 0 Å². The van der Waals surface area contributed by atoms with Crippen molar-refractivity contribution < 1.29 is 0 Å². The van der Waals surface area contributed by atoms with E-state index in [1.54, 1.807) is 10.8 Å². The van der Waals surface area contributed by atoms with Crippen LogP contribution in [0.25, 0.3) is 16.7 Å². The summed E-state index contributed by atoms with van der Waals surface area (Å²) in [6.07, 6.45) is 8.40. The number of rotatable bonds is 8. The predicted molar refractivity (Wildman–Crippen MR) is 139 cm³/mol. The number of para-hydroxylation sites is 1. The molecule has 34 heavy (non-hydrogen) atoms. The lowest BCUT2D eigenvalue weighted by molar-refractivity contribution is 0.401. The second kappa shape index (κ2) is 10.2. The number of benzene rings is 2. The van der Waals surface area contributed by atoms with Crippen LogP contribution < -0.4 is 15.8 Å². The Balaban J connectivity index is 1.62. The van der Waals surface area contributed by atoms with Crippen molar-refractivity contribution in [2.75, 3.05) is 44.4 Å². The van der Waals surface area contributed by atoms with E-state index in [-0.39, 0.29) is 5.56 Å². The number of hydrogen-bond donors (Lipinski definition) is 1. The van der Waals surface area contributed by atoms with Crippen molar-refractivity contribution in [3.05, 3.63) is 82.8 Å². The van der Waals surface area contributed by atoms with Crippen molar-refractivity contribution in [3.63, 3.8) is 0 Å². The normalized spacial score (nSPS) is 10.9. The minimum Gasteiger partial charge on any atom is -0.375 e. The lowest BCUT2D eigenvalue weighted by atomic mass is 10.2. The Bertz CT molecular complexity index is 1370. The fourth-order valence-electron chi connectivity index (χ4n) is 3.79.